The summed E-state index contributed by atoms with van der Waals surface area (Å²) in [6.45, 7) is 1.50. The van der Waals surface area contributed by atoms with Crippen LogP contribution in [0.5, 0.6) is 0 Å². The minimum absolute atomic E-state index is 0. The maximum absolute atomic E-state index is 11.7. The number of aromatic nitrogens is 1. The van der Waals surface area contributed by atoms with Gasteiger partial charge in [-0.3, -0.25) is 34.0 Å². The smallest absolute Gasteiger partial charge is 0.321 e. The zero-order valence-corrected chi connectivity index (χ0v) is 19.3. The summed E-state index contributed by atoms with van der Waals surface area (Å²) in [5.41, 5.74) is 1.01. The molecule has 2 bridgehead atoms. The zero-order chi connectivity index (χ0) is 23.8. The molecule has 0 aromatic carbocycles. The molecule has 0 spiro atoms. The van der Waals surface area contributed by atoms with Gasteiger partial charge >= 0.3 is 23.9 Å². The summed E-state index contributed by atoms with van der Waals surface area (Å²) in [6.07, 6.45) is -1.11. The van der Waals surface area contributed by atoms with E-state index in [-0.39, 0.29) is 43.2 Å². The first-order valence-corrected chi connectivity index (χ1v) is 10.1. The van der Waals surface area contributed by atoms with E-state index in [2.05, 4.69) is 4.98 Å². The van der Waals surface area contributed by atoms with E-state index >= 15 is 0 Å². The van der Waals surface area contributed by atoms with Crippen LogP contribution in [-0.2, 0) is 49.3 Å². The van der Waals surface area contributed by atoms with E-state index < -0.39 is 48.8 Å². The first kappa shape index (κ1) is 28.5. The summed E-state index contributed by atoms with van der Waals surface area (Å²) in [5, 5.41) is 37.4. The minimum atomic E-state index is -1.23. The van der Waals surface area contributed by atoms with Crippen LogP contribution in [0.15, 0.2) is 18.2 Å². The Kier molecular flexibility index (Phi) is 11.4. The number of hydrogen-bond acceptors (Lipinski definition) is 8. The molecule has 0 saturated heterocycles. The Morgan fingerprint density at radius 1 is 0.818 bits per heavy atom. The number of pyridine rings is 1. The van der Waals surface area contributed by atoms with Gasteiger partial charge in [-0.15, -0.1) is 0 Å². The van der Waals surface area contributed by atoms with Crippen molar-refractivity contribution < 1.29 is 56.7 Å². The molecule has 2 unspecified atom stereocenters. The van der Waals surface area contributed by atoms with Crippen molar-refractivity contribution in [2.45, 2.75) is 38.0 Å². The molecule has 13 heteroatoms. The van der Waals surface area contributed by atoms with Gasteiger partial charge in [-0.05, 0) is 19.2 Å². The summed E-state index contributed by atoms with van der Waals surface area (Å²) in [4.78, 5) is 55.3. The summed E-state index contributed by atoms with van der Waals surface area (Å²) in [5.74, 6) is -4.90. The Balaban J connectivity index is 0.00000544. The van der Waals surface area contributed by atoms with Gasteiger partial charge < -0.3 is 25.3 Å². The topological polar surface area (TPSA) is 172 Å². The number of carbonyl (C=O) groups is 4. The first-order valence-electron chi connectivity index (χ1n) is 10.1. The van der Waals surface area contributed by atoms with Crippen LogP contribution in [0.1, 0.15) is 24.2 Å². The molecule has 1 aliphatic heterocycles. The molecule has 2 heterocycles. The first-order chi connectivity index (χ1) is 15.1. The second kappa shape index (κ2) is 13.2. The van der Waals surface area contributed by atoms with Gasteiger partial charge in [0.05, 0.1) is 24.2 Å². The average Bonchev–Trinajstić information content (AvgIpc) is 2.69. The van der Waals surface area contributed by atoms with Crippen LogP contribution in [0.3, 0.4) is 0 Å². The monoisotopic (exact) mass is 507 g/mol. The summed E-state index contributed by atoms with van der Waals surface area (Å²) in [7, 11) is 1.78. The SMILES string of the molecule is CN1CCN(C(CC(=O)O)C(=O)O)Cc2cccc(n2)CN(C(CC(=O)O)C(=O)O)CC1.[Mn]. The van der Waals surface area contributed by atoms with Crippen molar-refractivity contribution in [2.24, 2.45) is 0 Å². The molecule has 1 aliphatic rings. The number of aliphatic carboxylic acids is 4. The van der Waals surface area contributed by atoms with Crippen molar-refractivity contribution in [1.82, 2.24) is 19.7 Å². The molecule has 0 aliphatic carbocycles. The Bertz CT molecular complexity index is 792. The molecule has 1 aromatic heterocycles. The normalized spacial score (nSPS) is 18.1. The van der Waals surface area contributed by atoms with Crippen molar-refractivity contribution in [2.75, 3.05) is 33.2 Å². The van der Waals surface area contributed by atoms with E-state index in [9.17, 15) is 29.4 Å². The van der Waals surface area contributed by atoms with Gasteiger partial charge in [-0.25, -0.2) is 0 Å². The molecule has 12 nitrogen and oxygen atoms in total. The molecule has 1 radical (unpaired) electrons. The van der Waals surface area contributed by atoms with Gasteiger partial charge in [-0.1, -0.05) is 6.07 Å². The number of carboxylic acid groups (broad SMARTS) is 4. The molecule has 0 amide bonds. The third kappa shape index (κ3) is 9.06. The standard InChI is InChI=1S/C20H28N4O8.Mn/c1-22-5-7-23(15(19(29)30)9-17(25)26)11-13-3-2-4-14(21-13)12-24(8-6-22)16(20(31)32)10-18(27)28;/h2-4,15-16H,5-12H2,1H3,(H,25,26)(H,27,28)(H,29,30)(H,31,32);. The Hall–Kier alpha value is -2.57. The Labute approximate surface area is 201 Å². The van der Waals surface area contributed by atoms with Crippen molar-refractivity contribution in [3.63, 3.8) is 0 Å². The van der Waals surface area contributed by atoms with Crippen LogP contribution >= 0.6 is 0 Å². The minimum Gasteiger partial charge on any atom is -0.481 e. The zero-order valence-electron chi connectivity index (χ0n) is 18.1. The molecule has 183 valence electrons. The molecule has 2 atom stereocenters. The summed E-state index contributed by atoms with van der Waals surface area (Å²) < 4.78 is 0. The fourth-order valence-electron chi connectivity index (χ4n) is 3.60. The van der Waals surface area contributed by atoms with E-state index in [0.717, 1.165) is 0 Å². The van der Waals surface area contributed by atoms with Gasteiger partial charge in [-0.2, -0.15) is 0 Å². The quantitative estimate of drug-likeness (QED) is 0.333. The van der Waals surface area contributed by atoms with Crippen LogP contribution in [0.4, 0.5) is 0 Å². The van der Waals surface area contributed by atoms with E-state index in [4.69, 9.17) is 10.2 Å². The number of likely N-dealkylation sites (N-methyl/N-ethyl adjacent to an activating group) is 1. The van der Waals surface area contributed by atoms with Gasteiger partial charge in [0.15, 0.2) is 0 Å². The molecule has 2 rings (SSSR count). The van der Waals surface area contributed by atoms with Gasteiger partial charge in [0.25, 0.3) is 0 Å². The second-order valence-electron chi connectivity index (χ2n) is 7.77. The third-order valence-electron chi connectivity index (χ3n) is 5.32. The van der Waals surface area contributed by atoms with Gasteiger partial charge in [0.1, 0.15) is 12.1 Å². The number of carboxylic acids is 4. The fraction of sp³-hybridized carbons (Fsp3) is 0.550. The maximum Gasteiger partial charge on any atom is 0.321 e. The van der Waals surface area contributed by atoms with Gasteiger partial charge in [0, 0.05) is 56.3 Å². The van der Waals surface area contributed by atoms with E-state index in [0.29, 0.717) is 24.5 Å². The van der Waals surface area contributed by atoms with Crippen LogP contribution in [0, 0.1) is 0 Å². The molecule has 33 heavy (non-hydrogen) atoms. The van der Waals surface area contributed by atoms with Crippen LogP contribution in [0.25, 0.3) is 0 Å². The number of nitrogens with zero attached hydrogens (tertiary/aromatic N) is 4. The van der Waals surface area contributed by atoms with Crippen molar-refractivity contribution in [3.8, 4) is 0 Å². The van der Waals surface area contributed by atoms with Gasteiger partial charge in [0.2, 0.25) is 0 Å². The Morgan fingerprint density at radius 2 is 1.21 bits per heavy atom. The summed E-state index contributed by atoms with van der Waals surface area (Å²) in [6, 6.07) is 2.62. The number of fused-ring (bicyclic) bond motifs is 2. The van der Waals surface area contributed by atoms with Crippen molar-refractivity contribution in [3.05, 3.63) is 29.6 Å². The fourth-order valence-corrected chi connectivity index (χ4v) is 3.60. The molecular weight excluding hydrogens is 479 g/mol. The van der Waals surface area contributed by atoms with Crippen LogP contribution in [-0.4, -0.2) is 109 Å². The predicted molar refractivity (Wildman–Crippen MR) is 110 cm³/mol. The molecule has 4 N–H and O–H groups in total. The van der Waals surface area contributed by atoms with Crippen molar-refractivity contribution >= 4 is 23.9 Å². The van der Waals surface area contributed by atoms with Crippen molar-refractivity contribution in [1.29, 1.82) is 0 Å². The van der Waals surface area contributed by atoms with E-state index in [1.165, 1.54) is 0 Å². The largest absolute Gasteiger partial charge is 0.481 e. The molecule has 0 saturated carbocycles. The molecule has 0 fully saturated rings. The van der Waals surface area contributed by atoms with Crippen LogP contribution < -0.4 is 0 Å². The third-order valence-corrected chi connectivity index (χ3v) is 5.32. The van der Waals surface area contributed by atoms with E-state index in [1.807, 2.05) is 4.90 Å². The number of hydrogen-bond donors (Lipinski definition) is 4. The van der Waals surface area contributed by atoms with E-state index in [1.54, 1.807) is 35.0 Å². The number of rotatable bonds is 8. The molecule has 1 aromatic rings. The molecular formula is C20H28MnN4O8. The predicted octanol–water partition coefficient (Wildman–Crippen LogP) is -0.516. The summed E-state index contributed by atoms with van der Waals surface area (Å²) >= 11 is 0. The average molecular weight is 507 g/mol. The second-order valence-corrected chi connectivity index (χ2v) is 7.77. The maximum atomic E-state index is 11.7. The van der Waals surface area contributed by atoms with Crippen LogP contribution in [0.2, 0.25) is 0 Å². The Morgan fingerprint density at radius 3 is 1.55 bits per heavy atom.